The Morgan fingerprint density at radius 3 is 2.26 bits per heavy atom. The van der Waals surface area contributed by atoms with Gasteiger partial charge < -0.3 is 0 Å². The summed E-state index contributed by atoms with van der Waals surface area (Å²) in [7, 11) is 2.21. The summed E-state index contributed by atoms with van der Waals surface area (Å²) in [4.78, 5) is 0. The first-order valence-corrected chi connectivity index (χ1v) is 11.6. The fourth-order valence-corrected chi connectivity index (χ4v) is 5.34. The van der Waals surface area contributed by atoms with E-state index in [-0.39, 0.29) is 0 Å². The maximum atomic E-state index is 2.46. The number of nitrogens with zero attached hydrogens (tertiary/aromatic N) is 1. The molecule has 0 atom stereocenters. The molecule has 1 nitrogen and oxygen atoms in total. The minimum atomic E-state index is 0.743. The van der Waals surface area contributed by atoms with Crippen molar-refractivity contribution < 1.29 is 4.57 Å². The molecule has 5 rings (SSSR count). The van der Waals surface area contributed by atoms with Gasteiger partial charge in [-0.15, -0.1) is 0 Å². The third kappa shape index (κ3) is 3.57. The molecular formula is C30H32N+. The number of pyridine rings is 1. The molecule has 0 unspecified atom stereocenters. The van der Waals surface area contributed by atoms with Crippen LogP contribution in [-0.4, -0.2) is 0 Å². The molecule has 1 aliphatic rings. The van der Waals surface area contributed by atoms with Crippen molar-refractivity contribution in [3.8, 4) is 22.4 Å². The minimum Gasteiger partial charge on any atom is -0.198 e. The molecule has 1 heteroatoms. The lowest BCUT2D eigenvalue weighted by Crippen LogP contribution is -2.35. The molecule has 1 heterocycles. The van der Waals surface area contributed by atoms with E-state index < -0.39 is 0 Å². The Bertz CT molecular complexity index is 1260. The zero-order valence-electron chi connectivity index (χ0n) is 19.2. The standard InChI is InChI=1S/C30H32N/c1-20-16-26(24-10-6-5-7-11-24)19-29(22(20)3)30-28-15-14-25(23-12-8-9-13-23)18-27(28)17-21(2)31(30)4/h5-7,10-11,14-19,23H,8-9,12-13H2,1-4H3/q+1. The Hall–Kier alpha value is -2.93. The van der Waals surface area contributed by atoms with Crippen LogP contribution in [0.15, 0.2) is 66.7 Å². The average molecular weight is 407 g/mol. The van der Waals surface area contributed by atoms with Gasteiger partial charge in [-0.1, -0.05) is 61.4 Å². The molecule has 0 aliphatic heterocycles. The lowest BCUT2D eigenvalue weighted by atomic mass is 9.90. The summed E-state index contributed by atoms with van der Waals surface area (Å²) in [6, 6.07) is 25.0. The van der Waals surface area contributed by atoms with Gasteiger partial charge in [0.25, 0.3) is 0 Å². The van der Waals surface area contributed by atoms with Gasteiger partial charge >= 0.3 is 0 Å². The number of hydrogen-bond acceptors (Lipinski definition) is 0. The molecule has 0 radical (unpaired) electrons. The van der Waals surface area contributed by atoms with Crippen LogP contribution in [0.1, 0.15) is 54.0 Å². The molecule has 1 aromatic heterocycles. The highest BCUT2D eigenvalue weighted by Gasteiger charge is 2.23. The molecule has 1 saturated carbocycles. The van der Waals surface area contributed by atoms with Gasteiger partial charge in [0.15, 0.2) is 5.69 Å². The van der Waals surface area contributed by atoms with Crippen molar-refractivity contribution in [2.75, 3.05) is 0 Å². The van der Waals surface area contributed by atoms with Crippen molar-refractivity contribution in [3.05, 3.63) is 89.1 Å². The smallest absolute Gasteiger partial charge is 0.198 e. The van der Waals surface area contributed by atoms with Gasteiger partial charge in [0.05, 0.1) is 10.9 Å². The zero-order valence-corrected chi connectivity index (χ0v) is 19.2. The number of fused-ring (bicyclic) bond motifs is 1. The van der Waals surface area contributed by atoms with Crippen LogP contribution in [-0.2, 0) is 7.05 Å². The first kappa shape index (κ1) is 20.0. The molecule has 0 N–H and O–H groups in total. The SMILES string of the molecule is Cc1cc(-c2ccccc2)cc(-c2c3ccc(C4CCCC4)cc3cc(C)[n+]2C)c1C. The second-order valence-corrected chi connectivity index (χ2v) is 9.35. The van der Waals surface area contributed by atoms with Crippen LogP contribution in [0.3, 0.4) is 0 Å². The Kier molecular flexibility index (Phi) is 5.14. The highest BCUT2D eigenvalue weighted by Crippen LogP contribution is 2.38. The number of benzene rings is 3. The lowest BCUT2D eigenvalue weighted by Gasteiger charge is -2.16. The van der Waals surface area contributed by atoms with Crippen LogP contribution in [0.2, 0.25) is 0 Å². The highest BCUT2D eigenvalue weighted by molar-refractivity contribution is 5.95. The van der Waals surface area contributed by atoms with E-state index in [2.05, 4.69) is 99.1 Å². The third-order valence-electron chi connectivity index (χ3n) is 7.42. The largest absolute Gasteiger partial charge is 0.220 e. The van der Waals surface area contributed by atoms with E-state index in [0.717, 1.165) is 5.92 Å². The Labute approximate surface area is 186 Å². The third-order valence-corrected chi connectivity index (χ3v) is 7.42. The van der Waals surface area contributed by atoms with E-state index in [1.54, 1.807) is 0 Å². The van der Waals surface area contributed by atoms with Gasteiger partial charge in [0, 0.05) is 13.0 Å². The number of rotatable bonds is 3. The second kappa shape index (κ2) is 7.96. The molecular weight excluding hydrogens is 374 g/mol. The van der Waals surface area contributed by atoms with Crippen LogP contribution in [0, 0.1) is 20.8 Å². The summed E-state index contributed by atoms with van der Waals surface area (Å²) in [6.45, 7) is 6.73. The molecule has 0 bridgehead atoms. The van der Waals surface area contributed by atoms with Crippen molar-refractivity contribution in [2.45, 2.75) is 52.4 Å². The van der Waals surface area contributed by atoms with Crippen LogP contribution >= 0.6 is 0 Å². The van der Waals surface area contributed by atoms with Crippen molar-refractivity contribution in [1.29, 1.82) is 0 Å². The Balaban J connectivity index is 1.74. The van der Waals surface area contributed by atoms with Crippen LogP contribution in [0.4, 0.5) is 0 Å². The Morgan fingerprint density at radius 2 is 1.52 bits per heavy atom. The van der Waals surface area contributed by atoms with Crippen LogP contribution in [0.5, 0.6) is 0 Å². The van der Waals surface area contributed by atoms with Gasteiger partial charge in [0.2, 0.25) is 5.69 Å². The molecule has 1 aliphatic carbocycles. The molecule has 0 saturated heterocycles. The summed E-state index contributed by atoms with van der Waals surface area (Å²) in [5, 5.41) is 2.72. The summed E-state index contributed by atoms with van der Waals surface area (Å²) in [5.74, 6) is 0.743. The molecule has 3 aromatic carbocycles. The van der Waals surface area contributed by atoms with E-state index >= 15 is 0 Å². The molecule has 1 fully saturated rings. The van der Waals surface area contributed by atoms with E-state index in [9.17, 15) is 0 Å². The summed E-state index contributed by atoms with van der Waals surface area (Å²) in [5.41, 5.74) is 10.7. The Morgan fingerprint density at radius 1 is 0.774 bits per heavy atom. The average Bonchev–Trinajstić information content (AvgIpc) is 3.32. The maximum Gasteiger partial charge on any atom is 0.220 e. The topological polar surface area (TPSA) is 3.88 Å². The summed E-state index contributed by atoms with van der Waals surface area (Å²) in [6.07, 6.45) is 5.44. The molecule has 156 valence electrons. The number of aryl methyl sites for hydroxylation is 2. The minimum absolute atomic E-state index is 0.743. The van der Waals surface area contributed by atoms with Gasteiger partial charge in [-0.05, 0) is 77.9 Å². The zero-order chi connectivity index (χ0) is 21.5. The number of hydrogen-bond donors (Lipinski definition) is 0. The van der Waals surface area contributed by atoms with Gasteiger partial charge in [-0.25, -0.2) is 0 Å². The molecule has 0 spiro atoms. The highest BCUT2D eigenvalue weighted by atomic mass is 14.9. The van der Waals surface area contributed by atoms with Gasteiger partial charge in [0.1, 0.15) is 7.05 Å². The summed E-state index contributed by atoms with van der Waals surface area (Å²) >= 11 is 0. The molecule has 31 heavy (non-hydrogen) atoms. The van der Waals surface area contributed by atoms with Crippen molar-refractivity contribution in [2.24, 2.45) is 7.05 Å². The van der Waals surface area contributed by atoms with Gasteiger partial charge in [-0.3, -0.25) is 0 Å². The van der Waals surface area contributed by atoms with Gasteiger partial charge in [-0.2, -0.15) is 4.57 Å². The van der Waals surface area contributed by atoms with E-state index in [1.807, 2.05) is 0 Å². The predicted molar refractivity (Wildman–Crippen MR) is 131 cm³/mol. The second-order valence-electron chi connectivity index (χ2n) is 9.35. The van der Waals surface area contributed by atoms with E-state index in [4.69, 9.17) is 0 Å². The van der Waals surface area contributed by atoms with Crippen molar-refractivity contribution in [3.63, 3.8) is 0 Å². The van der Waals surface area contributed by atoms with Crippen molar-refractivity contribution >= 4 is 10.8 Å². The quantitative estimate of drug-likeness (QED) is 0.309. The lowest BCUT2D eigenvalue weighted by molar-refractivity contribution is -0.665. The van der Waals surface area contributed by atoms with E-state index in [1.165, 1.54) is 81.2 Å². The molecule has 0 amide bonds. The summed E-state index contributed by atoms with van der Waals surface area (Å²) < 4.78 is 2.37. The fourth-order valence-electron chi connectivity index (χ4n) is 5.34. The molecule has 4 aromatic rings. The van der Waals surface area contributed by atoms with E-state index in [0.29, 0.717) is 0 Å². The number of aromatic nitrogens is 1. The first-order valence-electron chi connectivity index (χ1n) is 11.6. The van der Waals surface area contributed by atoms with Crippen molar-refractivity contribution in [1.82, 2.24) is 0 Å². The normalized spacial score (nSPS) is 14.5. The maximum absolute atomic E-state index is 2.46. The fraction of sp³-hybridized carbons (Fsp3) is 0.300. The van der Waals surface area contributed by atoms with Crippen LogP contribution < -0.4 is 4.57 Å². The van der Waals surface area contributed by atoms with Crippen LogP contribution in [0.25, 0.3) is 33.2 Å². The predicted octanol–water partition coefficient (Wildman–Crippen LogP) is 7.58. The monoisotopic (exact) mass is 406 g/mol. The first-order chi connectivity index (χ1) is 15.0.